The molecule has 1 aromatic rings. The molecule has 1 aliphatic carbocycles. The molecule has 0 bridgehead atoms. The van der Waals surface area contributed by atoms with Crippen LogP contribution in [0.2, 0.25) is 0 Å². The van der Waals surface area contributed by atoms with E-state index in [0.29, 0.717) is 0 Å². The van der Waals surface area contributed by atoms with Gasteiger partial charge in [0.15, 0.2) is 6.61 Å². The molecule has 26 heavy (non-hydrogen) atoms. The summed E-state index contributed by atoms with van der Waals surface area (Å²) in [6.45, 7) is 4.79. The zero-order valence-electron chi connectivity index (χ0n) is 15.0. The first kappa shape index (κ1) is 20.5. The Morgan fingerprint density at radius 1 is 1.31 bits per heavy atom. The number of hydrogen-bond donors (Lipinski definition) is 1. The summed E-state index contributed by atoms with van der Waals surface area (Å²) in [6.07, 6.45) is 0.208. The highest BCUT2D eigenvalue weighted by molar-refractivity contribution is 6.53. The summed E-state index contributed by atoms with van der Waals surface area (Å²) in [5.41, 5.74) is 2.96. The average molecular weight is 406 g/mol. The number of nitrogens with zero attached hydrogens (tertiary/aromatic N) is 2. The van der Waals surface area contributed by atoms with Crippen LogP contribution in [-0.4, -0.2) is 31.8 Å². The first-order chi connectivity index (χ1) is 11.8. The molecule has 1 atom stereocenters. The van der Waals surface area contributed by atoms with Crippen molar-refractivity contribution in [2.45, 2.75) is 38.1 Å². The molecule has 0 amide bonds. The molecule has 0 radical (unpaired) electrons. The van der Waals surface area contributed by atoms with E-state index in [-0.39, 0.29) is 30.3 Å². The zero-order chi connectivity index (χ0) is 20.0. The van der Waals surface area contributed by atoms with E-state index in [4.69, 9.17) is 33.7 Å². The summed E-state index contributed by atoms with van der Waals surface area (Å²) in [5, 5.41) is 0. The standard InChI is InChI=1S/C16H21Cl2N3O5/c1-8(2)5-21-11(19)10(12(23)20(4)14(21)25)9(22)6-26-13(24)15(3)7-16(15,17)18/h8H,5-7,19H2,1-4H3/t15-/m0/s1. The molecule has 0 saturated heterocycles. The van der Waals surface area contributed by atoms with Gasteiger partial charge < -0.3 is 10.5 Å². The Morgan fingerprint density at radius 2 is 1.85 bits per heavy atom. The molecule has 10 heteroatoms. The van der Waals surface area contributed by atoms with Crippen LogP contribution < -0.4 is 17.0 Å². The Balaban J connectivity index is 2.29. The zero-order valence-corrected chi connectivity index (χ0v) is 16.5. The lowest BCUT2D eigenvalue weighted by Gasteiger charge is -2.16. The number of carbonyl (C=O) groups excluding carboxylic acids is 2. The van der Waals surface area contributed by atoms with Gasteiger partial charge in [0.2, 0.25) is 5.78 Å². The van der Waals surface area contributed by atoms with E-state index >= 15 is 0 Å². The fourth-order valence-corrected chi connectivity index (χ4v) is 3.26. The summed E-state index contributed by atoms with van der Waals surface area (Å²) < 4.78 is 5.71. The molecule has 1 saturated carbocycles. The summed E-state index contributed by atoms with van der Waals surface area (Å²) >= 11 is 11.8. The third-order valence-electron chi connectivity index (χ3n) is 4.45. The molecule has 0 aliphatic heterocycles. The van der Waals surface area contributed by atoms with Crippen molar-refractivity contribution >= 4 is 40.8 Å². The van der Waals surface area contributed by atoms with Gasteiger partial charge in [-0.1, -0.05) is 13.8 Å². The lowest BCUT2D eigenvalue weighted by Crippen LogP contribution is -2.43. The van der Waals surface area contributed by atoms with E-state index in [1.165, 1.54) is 14.0 Å². The second-order valence-electron chi connectivity index (χ2n) is 7.12. The SMILES string of the molecule is CC(C)Cn1c(N)c(C(=O)COC(=O)[C@]2(C)CC2(Cl)Cl)c(=O)n(C)c1=O. The van der Waals surface area contributed by atoms with Crippen molar-refractivity contribution < 1.29 is 14.3 Å². The number of ketones is 1. The monoisotopic (exact) mass is 405 g/mol. The number of anilines is 1. The number of nitrogen functional groups attached to an aromatic ring is 1. The van der Waals surface area contributed by atoms with Crippen LogP contribution >= 0.6 is 23.2 Å². The van der Waals surface area contributed by atoms with Crippen LogP contribution in [0.3, 0.4) is 0 Å². The number of aromatic nitrogens is 2. The Morgan fingerprint density at radius 3 is 2.31 bits per heavy atom. The quantitative estimate of drug-likeness (QED) is 0.430. The lowest BCUT2D eigenvalue weighted by molar-refractivity contribution is -0.148. The van der Waals surface area contributed by atoms with E-state index in [0.717, 1.165) is 9.13 Å². The molecule has 2 rings (SSSR count). The predicted octanol–water partition coefficient (Wildman–Crippen LogP) is 1.09. The Hall–Kier alpha value is -1.80. The first-order valence-corrected chi connectivity index (χ1v) is 8.76. The third kappa shape index (κ3) is 3.40. The third-order valence-corrected chi connectivity index (χ3v) is 5.55. The van der Waals surface area contributed by atoms with Crippen LogP contribution in [-0.2, 0) is 23.1 Å². The molecule has 144 valence electrons. The van der Waals surface area contributed by atoms with Crippen molar-refractivity contribution in [3.8, 4) is 0 Å². The molecule has 0 aromatic carbocycles. The summed E-state index contributed by atoms with van der Waals surface area (Å²) in [7, 11) is 1.25. The maximum atomic E-state index is 12.4. The average Bonchev–Trinajstić information content (AvgIpc) is 3.06. The molecule has 0 unspecified atom stereocenters. The predicted molar refractivity (Wildman–Crippen MR) is 97.6 cm³/mol. The topological polar surface area (TPSA) is 113 Å². The fourth-order valence-electron chi connectivity index (χ4n) is 2.57. The number of ether oxygens (including phenoxy) is 1. The van der Waals surface area contributed by atoms with E-state index in [1.54, 1.807) is 0 Å². The maximum Gasteiger partial charge on any atom is 0.332 e. The van der Waals surface area contributed by atoms with Crippen molar-refractivity contribution in [1.29, 1.82) is 0 Å². The minimum Gasteiger partial charge on any atom is -0.457 e. The van der Waals surface area contributed by atoms with Gasteiger partial charge in [-0.05, 0) is 12.8 Å². The van der Waals surface area contributed by atoms with Crippen LogP contribution in [0, 0.1) is 11.3 Å². The van der Waals surface area contributed by atoms with Crippen LogP contribution in [0.4, 0.5) is 5.82 Å². The minimum atomic E-state index is -1.23. The van der Waals surface area contributed by atoms with Crippen LogP contribution in [0.1, 0.15) is 37.6 Å². The second-order valence-corrected chi connectivity index (χ2v) is 8.61. The van der Waals surface area contributed by atoms with E-state index in [9.17, 15) is 19.2 Å². The molecule has 8 nitrogen and oxygen atoms in total. The molecular weight excluding hydrogens is 385 g/mol. The number of hydrogen-bond acceptors (Lipinski definition) is 6. The van der Waals surface area contributed by atoms with Crippen LogP contribution in [0.25, 0.3) is 0 Å². The Labute approximate surface area is 159 Å². The van der Waals surface area contributed by atoms with Gasteiger partial charge in [-0.25, -0.2) is 4.79 Å². The van der Waals surface area contributed by atoms with E-state index < -0.39 is 39.4 Å². The summed E-state index contributed by atoms with van der Waals surface area (Å²) in [6, 6.07) is 0. The molecule has 1 aromatic heterocycles. The van der Waals surface area contributed by atoms with Gasteiger partial charge in [-0.2, -0.15) is 0 Å². The highest BCUT2D eigenvalue weighted by atomic mass is 35.5. The van der Waals surface area contributed by atoms with Gasteiger partial charge in [-0.15, -0.1) is 23.2 Å². The van der Waals surface area contributed by atoms with Gasteiger partial charge in [0.25, 0.3) is 5.56 Å². The number of alkyl halides is 2. The normalized spacial score (nSPS) is 20.9. The molecule has 1 aliphatic rings. The molecule has 1 fully saturated rings. The van der Waals surface area contributed by atoms with Crippen LogP contribution in [0.15, 0.2) is 9.59 Å². The van der Waals surface area contributed by atoms with Gasteiger partial charge in [0, 0.05) is 20.0 Å². The molecule has 1 heterocycles. The Bertz CT molecular complexity index is 887. The minimum absolute atomic E-state index is 0.0589. The number of halogens is 2. The van der Waals surface area contributed by atoms with Gasteiger partial charge in [0.1, 0.15) is 21.1 Å². The highest BCUT2D eigenvalue weighted by Crippen LogP contribution is 2.64. The van der Waals surface area contributed by atoms with Gasteiger partial charge >= 0.3 is 11.7 Å². The molecular formula is C16H21Cl2N3O5. The first-order valence-electron chi connectivity index (χ1n) is 8.01. The fraction of sp³-hybridized carbons (Fsp3) is 0.625. The van der Waals surface area contributed by atoms with Crippen molar-refractivity contribution in [2.75, 3.05) is 12.3 Å². The van der Waals surface area contributed by atoms with Crippen molar-refractivity contribution in [3.63, 3.8) is 0 Å². The number of esters is 1. The largest absolute Gasteiger partial charge is 0.457 e. The number of nitrogens with two attached hydrogens (primary N) is 1. The van der Waals surface area contributed by atoms with Crippen molar-refractivity contribution in [3.05, 3.63) is 26.4 Å². The van der Waals surface area contributed by atoms with Gasteiger partial charge in [-0.3, -0.25) is 23.5 Å². The van der Waals surface area contributed by atoms with Gasteiger partial charge in [0.05, 0.1) is 0 Å². The second kappa shape index (κ2) is 6.74. The van der Waals surface area contributed by atoms with E-state index in [1.807, 2.05) is 13.8 Å². The summed E-state index contributed by atoms with van der Waals surface area (Å²) in [4.78, 5) is 49.0. The number of carbonyl (C=O) groups is 2. The Kier molecular flexibility index (Phi) is 5.31. The number of Topliss-reactive ketones (excluding diaryl/α,β-unsaturated/α-hetero) is 1. The molecule has 2 N–H and O–H groups in total. The van der Waals surface area contributed by atoms with Crippen molar-refractivity contribution in [1.82, 2.24) is 9.13 Å². The van der Waals surface area contributed by atoms with E-state index in [2.05, 4.69) is 0 Å². The van der Waals surface area contributed by atoms with Crippen molar-refractivity contribution in [2.24, 2.45) is 18.4 Å². The number of rotatable bonds is 6. The smallest absolute Gasteiger partial charge is 0.332 e. The maximum absolute atomic E-state index is 12.4. The highest BCUT2D eigenvalue weighted by Gasteiger charge is 2.69. The lowest BCUT2D eigenvalue weighted by atomic mass is 10.1. The summed E-state index contributed by atoms with van der Waals surface area (Å²) in [5.74, 6) is -1.71. The van der Waals surface area contributed by atoms with Crippen LogP contribution in [0.5, 0.6) is 0 Å². The molecule has 0 spiro atoms.